The van der Waals surface area contributed by atoms with Crippen LogP contribution in [0.3, 0.4) is 0 Å². The van der Waals surface area contributed by atoms with E-state index in [0.717, 1.165) is 77.0 Å². The van der Waals surface area contributed by atoms with Gasteiger partial charge in [0.1, 0.15) is 0 Å². The normalized spacial score (nSPS) is 15.0. The number of hydrogen-bond acceptors (Lipinski definition) is 2. The summed E-state index contributed by atoms with van der Waals surface area (Å²) in [5.74, 6) is -1.29. The van der Waals surface area contributed by atoms with E-state index in [-0.39, 0.29) is 5.41 Å². The van der Waals surface area contributed by atoms with Crippen LogP contribution in [0.15, 0.2) is 12.1 Å². The summed E-state index contributed by atoms with van der Waals surface area (Å²) in [6.07, 6.45) is 14.4. The molecule has 0 amide bonds. The second-order valence-electron chi connectivity index (χ2n) is 10.8. The zero-order valence-corrected chi connectivity index (χ0v) is 20.8. The maximum absolute atomic E-state index is 11.3. The Hall–Kier alpha value is -1.84. The smallest absolute Gasteiger partial charge is 0.309 e. The molecule has 1 saturated carbocycles. The maximum atomic E-state index is 11.3. The second-order valence-corrected chi connectivity index (χ2v) is 10.8. The molecule has 0 saturated heterocycles. The Bertz CT molecular complexity index is 725. The standard InChI is InChI=1S/C28H44O4/c1-21-19-23(13-9-5-7-11-15-27(3,4)25(29)30)22(2)24(20-21)14-10-6-8-12-16-28(17-18-28)26(31)32/h19-20H,5-18H2,1-4H3,(H,29,30)(H,31,32). The number of benzene rings is 1. The zero-order chi connectivity index (χ0) is 23.8. The number of hydrogen-bond donors (Lipinski definition) is 2. The summed E-state index contributed by atoms with van der Waals surface area (Å²) < 4.78 is 0. The molecular weight excluding hydrogens is 400 g/mol. The van der Waals surface area contributed by atoms with Crippen molar-refractivity contribution < 1.29 is 19.8 Å². The van der Waals surface area contributed by atoms with Crippen molar-refractivity contribution in [2.24, 2.45) is 10.8 Å². The fourth-order valence-corrected chi connectivity index (χ4v) is 4.73. The lowest BCUT2D eigenvalue weighted by atomic mass is 9.87. The lowest BCUT2D eigenvalue weighted by Gasteiger charge is -2.18. The SMILES string of the molecule is Cc1cc(CCCCCCC(C)(C)C(=O)O)c(C)c(CCCCCCC2(C(=O)O)CC2)c1. The molecule has 1 aliphatic carbocycles. The van der Waals surface area contributed by atoms with Crippen molar-refractivity contribution in [1.29, 1.82) is 0 Å². The first-order chi connectivity index (χ1) is 15.1. The van der Waals surface area contributed by atoms with Crippen LogP contribution in [-0.4, -0.2) is 22.2 Å². The fourth-order valence-electron chi connectivity index (χ4n) is 4.73. The third-order valence-electron chi connectivity index (χ3n) is 7.50. The summed E-state index contributed by atoms with van der Waals surface area (Å²) in [7, 11) is 0. The summed E-state index contributed by atoms with van der Waals surface area (Å²) in [6.45, 7) is 8.06. The highest BCUT2D eigenvalue weighted by Crippen LogP contribution is 2.50. The van der Waals surface area contributed by atoms with Gasteiger partial charge in [-0.1, -0.05) is 56.2 Å². The van der Waals surface area contributed by atoms with Crippen LogP contribution in [0.2, 0.25) is 0 Å². The van der Waals surface area contributed by atoms with Gasteiger partial charge in [-0.2, -0.15) is 0 Å². The van der Waals surface area contributed by atoms with Gasteiger partial charge in [0.25, 0.3) is 0 Å². The van der Waals surface area contributed by atoms with Gasteiger partial charge in [0, 0.05) is 0 Å². The molecule has 0 atom stereocenters. The molecule has 0 aromatic heterocycles. The Morgan fingerprint density at radius 1 is 0.844 bits per heavy atom. The van der Waals surface area contributed by atoms with Crippen LogP contribution in [0.25, 0.3) is 0 Å². The van der Waals surface area contributed by atoms with E-state index in [4.69, 9.17) is 0 Å². The first-order valence-electron chi connectivity index (χ1n) is 12.6. The molecule has 0 unspecified atom stereocenters. The van der Waals surface area contributed by atoms with Gasteiger partial charge in [0.2, 0.25) is 0 Å². The van der Waals surface area contributed by atoms with Gasteiger partial charge in [0.05, 0.1) is 10.8 Å². The molecule has 0 bridgehead atoms. The van der Waals surface area contributed by atoms with Crippen molar-refractivity contribution in [3.05, 3.63) is 34.4 Å². The first-order valence-corrected chi connectivity index (χ1v) is 12.6. The minimum Gasteiger partial charge on any atom is -0.481 e. The molecule has 1 fully saturated rings. The molecule has 4 heteroatoms. The number of aliphatic carboxylic acids is 2. The van der Waals surface area contributed by atoms with Crippen molar-refractivity contribution in [3.8, 4) is 0 Å². The van der Waals surface area contributed by atoms with Crippen LogP contribution in [0.5, 0.6) is 0 Å². The summed E-state index contributed by atoms with van der Waals surface area (Å²) in [5, 5.41) is 18.5. The summed E-state index contributed by atoms with van der Waals surface area (Å²) in [5.41, 5.74) is 4.72. The van der Waals surface area contributed by atoms with E-state index in [2.05, 4.69) is 26.0 Å². The van der Waals surface area contributed by atoms with E-state index in [1.165, 1.54) is 35.1 Å². The summed E-state index contributed by atoms with van der Waals surface area (Å²) in [4.78, 5) is 22.5. The molecule has 0 spiro atoms. The Balaban J connectivity index is 1.68. The second kappa shape index (κ2) is 11.9. The molecule has 180 valence electrons. The number of rotatable bonds is 16. The predicted octanol–water partition coefficient (Wildman–Crippen LogP) is 7.27. The number of aryl methyl sites for hydroxylation is 3. The van der Waals surface area contributed by atoms with Crippen molar-refractivity contribution >= 4 is 11.9 Å². The third-order valence-corrected chi connectivity index (χ3v) is 7.50. The molecule has 0 radical (unpaired) electrons. The van der Waals surface area contributed by atoms with E-state index < -0.39 is 17.4 Å². The maximum Gasteiger partial charge on any atom is 0.309 e. The fraction of sp³-hybridized carbons (Fsp3) is 0.714. The van der Waals surface area contributed by atoms with Gasteiger partial charge < -0.3 is 10.2 Å². The van der Waals surface area contributed by atoms with E-state index in [0.29, 0.717) is 0 Å². The van der Waals surface area contributed by atoms with Crippen molar-refractivity contribution in [2.75, 3.05) is 0 Å². The van der Waals surface area contributed by atoms with E-state index in [1.807, 2.05) is 13.8 Å². The molecule has 0 aliphatic heterocycles. The van der Waals surface area contributed by atoms with Crippen molar-refractivity contribution in [3.63, 3.8) is 0 Å². The number of unbranched alkanes of at least 4 members (excludes halogenated alkanes) is 6. The molecule has 0 heterocycles. The van der Waals surface area contributed by atoms with E-state index in [9.17, 15) is 19.8 Å². The third kappa shape index (κ3) is 7.94. The van der Waals surface area contributed by atoms with Crippen LogP contribution in [0.1, 0.15) is 113 Å². The molecule has 4 nitrogen and oxygen atoms in total. The molecular formula is C28H44O4. The summed E-state index contributed by atoms with van der Waals surface area (Å²) >= 11 is 0. The molecule has 2 N–H and O–H groups in total. The molecule has 2 rings (SSSR count). The highest BCUT2D eigenvalue weighted by Gasteiger charge is 2.49. The van der Waals surface area contributed by atoms with Crippen LogP contribution < -0.4 is 0 Å². The number of carbonyl (C=O) groups is 2. The van der Waals surface area contributed by atoms with Crippen molar-refractivity contribution in [2.45, 2.75) is 118 Å². The molecule has 1 aliphatic rings. The van der Waals surface area contributed by atoms with Gasteiger partial charge in [0.15, 0.2) is 0 Å². The molecule has 1 aromatic carbocycles. The van der Waals surface area contributed by atoms with Crippen LogP contribution >= 0.6 is 0 Å². The number of carboxylic acids is 2. The highest BCUT2D eigenvalue weighted by atomic mass is 16.4. The average molecular weight is 445 g/mol. The number of carboxylic acid groups (broad SMARTS) is 2. The Morgan fingerprint density at radius 3 is 1.81 bits per heavy atom. The monoisotopic (exact) mass is 444 g/mol. The van der Waals surface area contributed by atoms with Crippen LogP contribution in [0.4, 0.5) is 0 Å². The quantitative estimate of drug-likeness (QED) is 0.263. The Kier molecular flexibility index (Phi) is 9.79. The van der Waals surface area contributed by atoms with Gasteiger partial charge in [-0.3, -0.25) is 9.59 Å². The molecule has 1 aromatic rings. The van der Waals surface area contributed by atoms with Crippen LogP contribution in [-0.2, 0) is 22.4 Å². The largest absolute Gasteiger partial charge is 0.481 e. The lowest BCUT2D eigenvalue weighted by Crippen LogP contribution is -2.23. The van der Waals surface area contributed by atoms with Crippen LogP contribution in [0, 0.1) is 24.7 Å². The zero-order valence-electron chi connectivity index (χ0n) is 20.8. The minimum absolute atomic E-state index is 0.367. The van der Waals surface area contributed by atoms with Gasteiger partial charge in [-0.05, 0) is 95.8 Å². The lowest BCUT2D eigenvalue weighted by molar-refractivity contribution is -0.147. The van der Waals surface area contributed by atoms with E-state index in [1.54, 1.807) is 0 Å². The Labute approximate surface area is 194 Å². The minimum atomic E-state index is -0.701. The van der Waals surface area contributed by atoms with Crippen molar-refractivity contribution in [1.82, 2.24) is 0 Å². The topological polar surface area (TPSA) is 74.6 Å². The van der Waals surface area contributed by atoms with Gasteiger partial charge in [-0.15, -0.1) is 0 Å². The van der Waals surface area contributed by atoms with Gasteiger partial charge in [-0.25, -0.2) is 0 Å². The van der Waals surface area contributed by atoms with Gasteiger partial charge >= 0.3 is 11.9 Å². The molecule has 32 heavy (non-hydrogen) atoms. The first kappa shape index (κ1) is 26.4. The average Bonchev–Trinajstić information content (AvgIpc) is 3.51. The van der Waals surface area contributed by atoms with E-state index >= 15 is 0 Å². The highest BCUT2D eigenvalue weighted by molar-refractivity contribution is 5.77. The summed E-state index contributed by atoms with van der Waals surface area (Å²) in [6, 6.07) is 4.66. The predicted molar refractivity (Wildman–Crippen MR) is 130 cm³/mol. The Morgan fingerprint density at radius 2 is 1.34 bits per heavy atom.